The first-order chi connectivity index (χ1) is 7.43. The van der Waals surface area contributed by atoms with Crippen molar-refractivity contribution in [2.45, 2.75) is 13.1 Å². The number of nitrogens with zero attached hydrogens (tertiary/aromatic N) is 1. The molecule has 0 bridgehead atoms. The first-order valence-corrected chi connectivity index (χ1v) is 4.44. The van der Waals surface area contributed by atoms with Gasteiger partial charge in [0.25, 0.3) is 0 Å². The van der Waals surface area contributed by atoms with Crippen LogP contribution in [0.2, 0.25) is 0 Å². The lowest BCUT2D eigenvalue weighted by molar-refractivity contribution is -0.137. The monoisotopic (exact) mass is 226 g/mol. The van der Waals surface area contributed by atoms with Gasteiger partial charge in [-0.3, -0.25) is 0 Å². The van der Waals surface area contributed by atoms with Crippen molar-refractivity contribution in [1.82, 2.24) is 0 Å². The Morgan fingerprint density at radius 2 is 2.12 bits per heavy atom. The molecule has 84 valence electrons. The van der Waals surface area contributed by atoms with Gasteiger partial charge in [0.05, 0.1) is 11.6 Å². The first kappa shape index (κ1) is 12.1. The lowest BCUT2D eigenvalue weighted by Gasteiger charge is -2.10. The average molecular weight is 226 g/mol. The molecule has 0 unspecified atom stereocenters. The van der Waals surface area contributed by atoms with E-state index in [2.05, 4.69) is 5.32 Å². The predicted molar refractivity (Wildman–Crippen MR) is 54.4 cm³/mol. The molecule has 0 saturated heterocycles. The Bertz CT molecular complexity index is 441. The minimum absolute atomic E-state index is 0.304. The van der Waals surface area contributed by atoms with E-state index in [1.807, 2.05) is 0 Å². The molecule has 0 atom stereocenters. The topological polar surface area (TPSA) is 35.8 Å². The summed E-state index contributed by atoms with van der Waals surface area (Å²) in [6.07, 6.45) is -3.13. The van der Waals surface area contributed by atoms with Crippen LogP contribution < -0.4 is 5.32 Å². The van der Waals surface area contributed by atoms with Gasteiger partial charge in [0.15, 0.2) is 0 Å². The van der Waals surface area contributed by atoms with Crippen LogP contribution in [0.1, 0.15) is 12.5 Å². The first-order valence-electron chi connectivity index (χ1n) is 4.44. The summed E-state index contributed by atoms with van der Waals surface area (Å²) in [6.45, 7) is 1.60. The Morgan fingerprint density at radius 1 is 1.44 bits per heavy atom. The van der Waals surface area contributed by atoms with Crippen molar-refractivity contribution < 1.29 is 13.2 Å². The number of nitrogens with one attached hydrogen (secondary N) is 1. The molecule has 1 N–H and O–H groups in total. The van der Waals surface area contributed by atoms with Crippen molar-refractivity contribution >= 4 is 5.69 Å². The maximum Gasteiger partial charge on any atom is 0.416 e. The van der Waals surface area contributed by atoms with E-state index < -0.39 is 11.7 Å². The number of anilines is 1. The SMILES string of the molecule is C/C(=C/C#N)Nc1cccc(C(F)(F)F)c1. The highest BCUT2D eigenvalue weighted by atomic mass is 19.4. The minimum atomic E-state index is -4.36. The summed E-state index contributed by atoms with van der Waals surface area (Å²) in [5, 5.41) is 11.0. The predicted octanol–water partition coefficient (Wildman–Crippen LogP) is 3.54. The third kappa shape index (κ3) is 3.31. The molecule has 0 amide bonds. The molecule has 0 aliphatic rings. The number of benzene rings is 1. The maximum absolute atomic E-state index is 12.4. The van der Waals surface area contributed by atoms with Crippen LogP contribution in [0.25, 0.3) is 0 Å². The standard InChI is InChI=1S/C11H9F3N2/c1-8(5-6-15)16-10-4-2-3-9(7-10)11(12,13)14/h2-5,7,16H,1H3/b8-5-. The molecular formula is C11H9F3N2. The van der Waals surface area contributed by atoms with E-state index >= 15 is 0 Å². The van der Waals surface area contributed by atoms with Gasteiger partial charge in [-0.2, -0.15) is 18.4 Å². The molecule has 1 rings (SSSR count). The number of hydrogen-bond acceptors (Lipinski definition) is 2. The number of hydrogen-bond donors (Lipinski definition) is 1. The highest BCUT2D eigenvalue weighted by Crippen LogP contribution is 2.30. The number of alkyl halides is 3. The molecule has 0 spiro atoms. The van der Waals surface area contributed by atoms with E-state index in [4.69, 9.17) is 5.26 Å². The molecule has 0 aliphatic heterocycles. The Labute approximate surface area is 91.0 Å². The lowest BCUT2D eigenvalue weighted by Crippen LogP contribution is -2.05. The van der Waals surface area contributed by atoms with E-state index in [0.717, 1.165) is 12.1 Å². The molecule has 2 nitrogen and oxygen atoms in total. The van der Waals surface area contributed by atoms with Gasteiger partial charge in [-0.15, -0.1) is 0 Å². The van der Waals surface area contributed by atoms with E-state index in [1.165, 1.54) is 18.2 Å². The van der Waals surface area contributed by atoms with Crippen LogP contribution in [0.4, 0.5) is 18.9 Å². The molecule has 0 aliphatic carbocycles. The summed E-state index contributed by atoms with van der Waals surface area (Å²) >= 11 is 0. The van der Waals surface area contributed by atoms with Crippen molar-refractivity contribution in [2.75, 3.05) is 5.32 Å². The normalized spacial score (nSPS) is 12.1. The van der Waals surface area contributed by atoms with Crippen molar-refractivity contribution in [3.05, 3.63) is 41.6 Å². The molecule has 0 radical (unpaired) electrons. The Kier molecular flexibility index (Phi) is 3.56. The van der Waals surface area contributed by atoms with Crippen LogP contribution in [0.3, 0.4) is 0 Å². The average Bonchev–Trinajstić information content (AvgIpc) is 2.17. The second-order valence-electron chi connectivity index (χ2n) is 3.16. The molecule has 0 aromatic heterocycles. The van der Waals surface area contributed by atoms with Gasteiger partial charge < -0.3 is 5.32 Å². The molecular weight excluding hydrogens is 217 g/mol. The quantitative estimate of drug-likeness (QED) is 0.783. The Morgan fingerprint density at radius 3 is 2.69 bits per heavy atom. The number of nitriles is 1. The molecule has 5 heteroatoms. The van der Waals surface area contributed by atoms with Gasteiger partial charge in [0.1, 0.15) is 0 Å². The fourth-order valence-electron chi connectivity index (χ4n) is 1.13. The largest absolute Gasteiger partial charge is 0.416 e. The Balaban J connectivity index is 2.93. The highest BCUT2D eigenvalue weighted by Gasteiger charge is 2.30. The molecule has 0 fully saturated rings. The van der Waals surface area contributed by atoms with Crippen molar-refractivity contribution in [3.8, 4) is 6.07 Å². The molecule has 1 aromatic carbocycles. The fraction of sp³-hybridized carbons (Fsp3) is 0.182. The lowest BCUT2D eigenvalue weighted by atomic mass is 10.2. The van der Waals surface area contributed by atoms with Gasteiger partial charge in [-0.1, -0.05) is 6.07 Å². The summed E-state index contributed by atoms with van der Waals surface area (Å²) < 4.78 is 37.1. The maximum atomic E-state index is 12.4. The third-order valence-electron chi connectivity index (χ3n) is 1.81. The summed E-state index contributed by atoms with van der Waals surface area (Å²) in [6, 6.07) is 6.59. The van der Waals surface area contributed by atoms with Crippen molar-refractivity contribution in [2.24, 2.45) is 0 Å². The number of rotatable bonds is 2. The minimum Gasteiger partial charge on any atom is -0.359 e. The van der Waals surface area contributed by atoms with Gasteiger partial charge in [-0.25, -0.2) is 0 Å². The summed E-state index contributed by atoms with van der Waals surface area (Å²) in [5.74, 6) is 0. The van der Waals surface area contributed by atoms with E-state index in [-0.39, 0.29) is 0 Å². The second-order valence-corrected chi connectivity index (χ2v) is 3.16. The van der Waals surface area contributed by atoms with Crippen LogP contribution in [-0.4, -0.2) is 0 Å². The van der Waals surface area contributed by atoms with E-state index in [1.54, 1.807) is 13.0 Å². The van der Waals surface area contributed by atoms with Crippen molar-refractivity contribution in [1.29, 1.82) is 5.26 Å². The van der Waals surface area contributed by atoms with Crippen LogP contribution >= 0.6 is 0 Å². The molecule has 1 aromatic rings. The molecule has 0 heterocycles. The summed E-state index contributed by atoms with van der Waals surface area (Å²) in [5.41, 5.74) is 0.0721. The zero-order valence-electron chi connectivity index (χ0n) is 8.47. The second kappa shape index (κ2) is 4.71. The van der Waals surface area contributed by atoms with E-state index in [9.17, 15) is 13.2 Å². The van der Waals surface area contributed by atoms with Crippen LogP contribution in [0.15, 0.2) is 36.0 Å². The summed E-state index contributed by atoms with van der Waals surface area (Å²) in [7, 11) is 0. The highest BCUT2D eigenvalue weighted by molar-refractivity contribution is 5.50. The smallest absolute Gasteiger partial charge is 0.359 e. The van der Waals surface area contributed by atoms with Crippen LogP contribution in [0.5, 0.6) is 0 Å². The zero-order valence-corrected chi connectivity index (χ0v) is 8.47. The van der Waals surface area contributed by atoms with Gasteiger partial charge >= 0.3 is 6.18 Å². The zero-order chi connectivity index (χ0) is 12.2. The van der Waals surface area contributed by atoms with E-state index in [0.29, 0.717) is 11.4 Å². The number of allylic oxidation sites excluding steroid dienone is 2. The van der Waals surface area contributed by atoms with Gasteiger partial charge in [0, 0.05) is 17.5 Å². The molecule has 0 saturated carbocycles. The third-order valence-corrected chi connectivity index (χ3v) is 1.81. The molecule has 16 heavy (non-hydrogen) atoms. The fourth-order valence-corrected chi connectivity index (χ4v) is 1.13. The Hall–Kier alpha value is -1.96. The van der Waals surface area contributed by atoms with Crippen molar-refractivity contribution in [3.63, 3.8) is 0 Å². The van der Waals surface area contributed by atoms with Gasteiger partial charge in [-0.05, 0) is 25.1 Å². The van der Waals surface area contributed by atoms with Crippen LogP contribution in [-0.2, 0) is 6.18 Å². The summed E-state index contributed by atoms with van der Waals surface area (Å²) in [4.78, 5) is 0. The van der Waals surface area contributed by atoms with Crippen LogP contribution in [0, 0.1) is 11.3 Å². The van der Waals surface area contributed by atoms with Gasteiger partial charge in [0.2, 0.25) is 0 Å². The number of halogens is 3.